The van der Waals surface area contributed by atoms with Crippen LogP contribution in [-0.4, -0.2) is 46.2 Å². The van der Waals surface area contributed by atoms with E-state index in [9.17, 15) is 15.0 Å². The summed E-state index contributed by atoms with van der Waals surface area (Å²) in [4.78, 5) is 16.9. The molecular weight excluding hydrogens is 208 g/mol. The summed E-state index contributed by atoms with van der Waals surface area (Å²) in [5.74, 6) is -0.196. The lowest BCUT2D eigenvalue weighted by atomic mass is 10.1. The first-order valence-electron chi connectivity index (χ1n) is 4.97. The zero-order chi connectivity index (χ0) is 12.3. The topological polar surface area (TPSA) is 73.7 Å². The minimum Gasteiger partial charge on any atom is -0.390 e. The van der Waals surface area contributed by atoms with E-state index in [4.69, 9.17) is 0 Å². The number of aromatic nitrogens is 1. The maximum absolute atomic E-state index is 11.5. The first kappa shape index (κ1) is 12.6. The number of hydrogen-bond acceptors (Lipinski definition) is 4. The fourth-order valence-corrected chi connectivity index (χ4v) is 1.21. The Labute approximate surface area is 94.4 Å². The molecule has 0 spiro atoms. The van der Waals surface area contributed by atoms with Crippen molar-refractivity contribution in [1.29, 1.82) is 0 Å². The van der Waals surface area contributed by atoms with Crippen LogP contribution in [0.25, 0.3) is 0 Å². The first-order valence-corrected chi connectivity index (χ1v) is 4.97. The van der Waals surface area contributed by atoms with Crippen LogP contribution in [0.2, 0.25) is 0 Å². The van der Waals surface area contributed by atoms with Crippen molar-refractivity contribution >= 4 is 5.91 Å². The Morgan fingerprint density at radius 3 is 2.38 bits per heavy atom. The quantitative estimate of drug-likeness (QED) is 0.769. The largest absolute Gasteiger partial charge is 0.390 e. The van der Waals surface area contributed by atoms with Gasteiger partial charge in [0, 0.05) is 25.9 Å². The van der Waals surface area contributed by atoms with E-state index >= 15 is 0 Å². The van der Waals surface area contributed by atoms with Gasteiger partial charge in [0.05, 0.1) is 6.10 Å². The van der Waals surface area contributed by atoms with Crippen LogP contribution in [0, 0.1) is 0 Å². The van der Waals surface area contributed by atoms with Crippen molar-refractivity contribution < 1.29 is 15.0 Å². The number of carbonyl (C=O) groups excluding carboxylic acids is 1. The molecule has 0 fully saturated rings. The zero-order valence-corrected chi connectivity index (χ0v) is 9.58. The second-order valence-corrected chi connectivity index (χ2v) is 3.86. The Morgan fingerprint density at radius 1 is 1.38 bits per heavy atom. The Balaban J connectivity index is 2.87. The van der Waals surface area contributed by atoms with Crippen LogP contribution in [0.1, 0.15) is 29.1 Å². The molecule has 1 aromatic heterocycles. The highest BCUT2D eigenvalue weighted by molar-refractivity contribution is 5.91. The molecule has 5 nitrogen and oxygen atoms in total. The number of carbonyl (C=O) groups is 1. The molecule has 2 unspecified atom stereocenters. The molecule has 0 aliphatic heterocycles. The Bertz CT molecular complexity index is 360. The van der Waals surface area contributed by atoms with E-state index in [-0.39, 0.29) is 5.91 Å². The van der Waals surface area contributed by atoms with Crippen molar-refractivity contribution in [2.24, 2.45) is 0 Å². The number of rotatable bonds is 3. The average molecular weight is 224 g/mol. The summed E-state index contributed by atoms with van der Waals surface area (Å²) in [5.41, 5.74) is 0.803. The van der Waals surface area contributed by atoms with Crippen LogP contribution < -0.4 is 0 Å². The highest BCUT2D eigenvalue weighted by Crippen LogP contribution is 2.15. The first-order chi connectivity index (χ1) is 7.43. The smallest absolute Gasteiger partial charge is 0.271 e. The summed E-state index contributed by atoms with van der Waals surface area (Å²) >= 11 is 0. The molecule has 1 rings (SSSR count). The molecule has 0 aromatic carbocycles. The van der Waals surface area contributed by atoms with E-state index in [0.29, 0.717) is 11.3 Å². The lowest BCUT2D eigenvalue weighted by Gasteiger charge is -2.14. The van der Waals surface area contributed by atoms with Crippen molar-refractivity contribution in [3.63, 3.8) is 0 Å². The molecule has 1 aromatic rings. The van der Waals surface area contributed by atoms with Crippen LogP contribution in [-0.2, 0) is 0 Å². The highest BCUT2D eigenvalue weighted by atomic mass is 16.3. The molecular formula is C11H16N2O3. The van der Waals surface area contributed by atoms with E-state index in [0.717, 1.165) is 0 Å². The third-order valence-electron chi connectivity index (χ3n) is 2.21. The van der Waals surface area contributed by atoms with Gasteiger partial charge in [0.1, 0.15) is 11.8 Å². The molecule has 1 heterocycles. The van der Waals surface area contributed by atoms with Crippen LogP contribution in [0.5, 0.6) is 0 Å². The van der Waals surface area contributed by atoms with Gasteiger partial charge < -0.3 is 15.1 Å². The van der Waals surface area contributed by atoms with Gasteiger partial charge in [0.2, 0.25) is 0 Å². The molecule has 1 amide bonds. The third kappa shape index (κ3) is 2.77. The van der Waals surface area contributed by atoms with E-state index in [1.54, 1.807) is 20.2 Å². The van der Waals surface area contributed by atoms with Gasteiger partial charge in [0.15, 0.2) is 0 Å². The van der Waals surface area contributed by atoms with Gasteiger partial charge in [-0.3, -0.25) is 9.78 Å². The molecule has 0 bridgehead atoms. The molecule has 88 valence electrons. The molecule has 16 heavy (non-hydrogen) atoms. The number of aliphatic hydroxyl groups excluding tert-OH is 2. The minimum atomic E-state index is -0.976. The van der Waals surface area contributed by atoms with Gasteiger partial charge in [-0.1, -0.05) is 6.07 Å². The molecule has 5 heteroatoms. The molecule has 0 saturated heterocycles. The summed E-state index contributed by atoms with van der Waals surface area (Å²) in [6, 6.07) is 3.12. The third-order valence-corrected chi connectivity index (χ3v) is 2.21. The number of amides is 1. The van der Waals surface area contributed by atoms with Crippen molar-refractivity contribution in [1.82, 2.24) is 9.88 Å². The fourth-order valence-electron chi connectivity index (χ4n) is 1.21. The summed E-state index contributed by atoms with van der Waals surface area (Å²) in [7, 11) is 3.28. The lowest BCUT2D eigenvalue weighted by molar-refractivity contribution is 0.0303. The summed E-state index contributed by atoms with van der Waals surface area (Å²) in [6.45, 7) is 1.49. The van der Waals surface area contributed by atoms with E-state index in [1.807, 2.05) is 0 Å². The predicted octanol–water partition coefficient (Wildman–Crippen LogP) is 0.198. The normalized spacial score (nSPS) is 14.3. The fraction of sp³-hybridized carbons (Fsp3) is 0.455. The van der Waals surface area contributed by atoms with Gasteiger partial charge in [0.25, 0.3) is 5.91 Å². The maximum Gasteiger partial charge on any atom is 0.271 e. The second-order valence-electron chi connectivity index (χ2n) is 3.86. The highest BCUT2D eigenvalue weighted by Gasteiger charge is 2.15. The predicted molar refractivity (Wildman–Crippen MR) is 58.9 cm³/mol. The van der Waals surface area contributed by atoms with Crippen molar-refractivity contribution in [3.05, 3.63) is 29.6 Å². The standard InChI is InChI=1S/C11H16N2O3/c1-7(14)10(15)8-4-5-9(12-6-8)11(16)13(2)3/h4-7,10,14-15H,1-3H3. The van der Waals surface area contributed by atoms with E-state index in [1.165, 1.54) is 24.1 Å². The summed E-state index contributed by atoms with van der Waals surface area (Å²) in [5, 5.41) is 18.7. The monoisotopic (exact) mass is 224 g/mol. The number of hydrogen-bond donors (Lipinski definition) is 2. The van der Waals surface area contributed by atoms with Crippen molar-refractivity contribution in [3.8, 4) is 0 Å². The zero-order valence-electron chi connectivity index (χ0n) is 9.58. The Kier molecular flexibility index (Phi) is 3.98. The average Bonchev–Trinajstić information content (AvgIpc) is 2.27. The minimum absolute atomic E-state index is 0.196. The lowest BCUT2D eigenvalue weighted by Crippen LogP contribution is -2.23. The van der Waals surface area contributed by atoms with Gasteiger partial charge in [-0.2, -0.15) is 0 Å². The SMILES string of the molecule is CC(O)C(O)c1ccc(C(=O)N(C)C)nc1. The van der Waals surface area contributed by atoms with Crippen LogP contribution >= 0.6 is 0 Å². The van der Waals surface area contributed by atoms with E-state index < -0.39 is 12.2 Å². The molecule has 0 aliphatic carbocycles. The van der Waals surface area contributed by atoms with Gasteiger partial charge in [-0.15, -0.1) is 0 Å². The Hall–Kier alpha value is -1.46. The molecule has 2 N–H and O–H groups in total. The number of pyridine rings is 1. The Morgan fingerprint density at radius 2 is 2.00 bits per heavy atom. The van der Waals surface area contributed by atoms with Crippen LogP contribution in [0.3, 0.4) is 0 Å². The molecule has 0 radical (unpaired) electrons. The molecule has 0 aliphatic rings. The van der Waals surface area contributed by atoms with Crippen molar-refractivity contribution in [2.45, 2.75) is 19.1 Å². The van der Waals surface area contributed by atoms with Gasteiger partial charge in [-0.25, -0.2) is 0 Å². The van der Waals surface area contributed by atoms with Gasteiger partial charge >= 0.3 is 0 Å². The molecule has 0 saturated carbocycles. The summed E-state index contributed by atoms with van der Waals surface area (Å²) < 4.78 is 0. The number of nitrogens with zero attached hydrogens (tertiary/aromatic N) is 2. The molecule has 2 atom stereocenters. The van der Waals surface area contributed by atoms with Crippen molar-refractivity contribution in [2.75, 3.05) is 14.1 Å². The second kappa shape index (κ2) is 5.05. The van der Waals surface area contributed by atoms with Crippen LogP contribution in [0.15, 0.2) is 18.3 Å². The number of aliphatic hydroxyl groups is 2. The maximum atomic E-state index is 11.5. The van der Waals surface area contributed by atoms with Gasteiger partial charge in [-0.05, 0) is 13.0 Å². The summed E-state index contributed by atoms with van der Waals surface area (Å²) in [6.07, 6.45) is -0.443. The van der Waals surface area contributed by atoms with E-state index in [2.05, 4.69) is 4.98 Å². The van der Waals surface area contributed by atoms with Crippen LogP contribution in [0.4, 0.5) is 0 Å².